The Morgan fingerprint density at radius 1 is 1.13 bits per heavy atom. The van der Waals surface area contributed by atoms with Gasteiger partial charge in [-0.3, -0.25) is 10.1 Å². The van der Waals surface area contributed by atoms with Gasteiger partial charge in [0.1, 0.15) is 0 Å². The van der Waals surface area contributed by atoms with Crippen molar-refractivity contribution in [3.05, 3.63) is 11.8 Å². The average Bonchev–Trinajstić information content (AvgIpc) is 3.50. The van der Waals surface area contributed by atoms with Crippen LogP contribution in [0, 0.1) is 0 Å². The summed E-state index contributed by atoms with van der Waals surface area (Å²) in [6, 6.07) is 1.74. The van der Waals surface area contributed by atoms with Crippen molar-refractivity contribution in [1.29, 1.82) is 0 Å². The SMILES string of the molecule is C1CCOC1.CC.CNC(C)(C)C(=O)Nc1cc(C(C)(C)COC2CCCCO2)no1. The van der Waals surface area contributed by atoms with Crippen LogP contribution in [0.5, 0.6) is 0 Å². The molecule has 8 nitrogen and oxygen atoms in total. The molecule has 1 aromatic heterocycles. The predicted molar refractivity (Wildman–Crippen MR) is 122 cm³/mol. The monoisotopic (exact) mass is 441 g/mol. The second-order valence-corrected chi connectivity index (χ2v) is 8.72. The zero-order valence-corrected chi connectivity index (χ0v) is 20.5. The quantitative estimate of drug-likeness (QED) is 0.653. The third kappa shape index (κ3) is 9.68. The summed E-state index contributed by atoms with van der Waals surface area (Å²) in [5.41, 5.74) is -0.300. The number of carbonyl (C=O) groups is 1. The highest BCUT2D eigenvalue weighted by Gasteiger charge is 2.30. The number of carbonyl (C=O) groups excluding carboxylic acids is 1. The van der Waals surface area contributed by atoms with E-state index in [1.807, 2.05) is 27.7 Å². The first-order chi connectivity index (χ1) is 14.7. The number of amides is 1. The van der Waals surface area contributed by atoms with Crippen LogP contribution in [0.1, 0.15) is 79.3 Å². The Labute approximate surface area is 187 Å². The van der Waals surface area contributed by atoms with Crippen molar-refractivity contribution in [3.63, 3.8) is 0 Å². The molecule has 1 atom stereocenters. The molecule has 0 bridgehead atoms. The molecular weight excluding hydrogens is 398 g/mol. The first kappa shape index (κ1) is 27.6. The molecule has 0 radical (unpaired) electrons. The molecule has 31 heavy (non-hydrogen) atoms. The van der Waals surface area contributed by atoms with Gasteiger partial charge in [-0.1, -0.05) is 32.9 Å². The molecule has 0 spiro atoms. The van der Waals surface area contributed by atoms with Gasteiger partial charge in [0.25, 0.3) is 0 Å². The van der Waals surface area contributed by atoms with Crippen molar-refractivity contribution in [3.8, 4) is 0 Å². The van der Waals surface area contributed by atoms with Crippen molar-refractivity contribution in [1.82, 2.24) is 10.5 Å². The number of hydrogen-bond acceptors (Lipinski definition) is 7. The maximum Gasteiger partial charge on any atom is 0.246 e. The van der Waals surface area contributed by atoms with Crippen LogP contribution in [-0.2, 0) is 24.4 Å². The van der Waals surface area contributed by atoms with Crippen LogP contribution in [0.4, 0.5) is 5.88 Å². The minimum absolute atomic E-state index is 0.138. The fourth-order valence-electron chi connectivity index (χ4n) is 2.76. The van der Waals surface area contributed by atoms with Crippen molar-refractivity contribution < 1.29 is 23.5 Å². The smallest absolute Gasteiger partial charge is 0.246 e. The average molecular weight is 442 g/mol. The van der Waals surface area contributed by atoms with E-state index in [4.69, 9.17) is 18.7 Å². The molecule has 0 aliphatic carbocycles. The molecule has 2 aliphatic heterocycles. The standard InChI is InChI=1S/C17H29N3O4.C4H8O.C2H6/c1-16(2,11-23-14-8-6-7-9-22-14)12-10-13(24-20-12)19-15(21)17(3,4)18-5;1-2-4-5-3-1;1-2/h10,14,18H,6-9,11H2,1-5H3,(H,19,21);1-4H2;1-2H3. The fraction of sp³-hybridized carbons (Fsp3) is 0.826. The molecular formula is C23H43N3O5. The Morgan fingerprint density at radius 3 is 2.29 bits per heavy atom. The van der Waals surface area contributed by atoms with E-state index in [0.29, 0.717) is 12.5 Å². The van der Waals surface area contributed by atoms with E-state index in [9.17, 15) is 4.79 Å². The minimum Gasteiger partial charge on any atom is -0.381 e. The Bertz CT molecular complexity index is 613. The van der Waals surface area contributed by atoms with Crippen molar-refractivity contribution >= 4 is 11.8 Å². The molecule has 1 aromatic rings. The largest absolute Gasteiger partial charge is 0.381 e. The lowest BCUT2D eigenvalue weighted by Crippen LogP contribution is -2.47. The molecule has 0 saturated carbocycles. The van der Waals surface area contributed by atoms with Crippen LogP contribution in [0.25, 0.3) is 0 Å². The predicted octanol–water partition coefficient (Wildman–Crippen LogP) is 4.25. The number of nitrogens with one attached hydrogen (secondary N) is 2. The van der Waals surface area contributed by atoms with Gasteiger partial charge in [0.05, 0.1) is 17.8 Å². The second-order valence-electron chi connectivity index (χ2n) is 8.72. The van der Waals surface area contributed by atoms with Crippen LogP contribution in [0.15, 0.2) is 10.6 Å². The summed E-state index contributed by atoms with van der Waals surface area (Å²) in [5.74, 6) is 0.151. The zero-order chi connectivity index (χ0) is 23.3. The number of ether oxygens (including phenoxy) is 3. The lowest BCUT2D eigenvalue weighted by molar-refractivity contribution is -0.170. The summed E-state index contributed by atoms with van der Waals surface area (Å²) in [5, 5.41) is 9.76. The maximum atomic E-state index is 12.2. The lowest BCUT2D eigenvalue weighted by Gasteiger charge is -2.28. The molecule has 3 rings (SSSR count). The first-order valence-electron chi connectivity index (χ1n) is 11.5. The van der Waals surface area contributed by atoms with E-state index >= 15 is 0 Å². The number of rotatable bonds is 7. The Morgan fingerprint density at radius 2 is 1.77 bits per heavy atom. The van der Waals surface area contributed by atoms with Gasteiger partial charge >= 0.3 is 0 Å². The normalized spacial score (nSPS) is 19.0. The third-order valence-corrected chi connectivity index (χ3v) is 5.23. The molecule has 8 heteroatoms. The summed E-state index contributed by atoms with van der Waals surface area (Å²) in [7, 11) is 1.74. The molecule has 2 fully saturated rings. The highest BCUT2D eigenvalue weighted by molar-refractivity contribution is 5.96. The van der Waals surface area contributed by atoms with E-state index in [0.717, 1.165) is 44.8 Å². The molecule has 1 amide bonds. The second kappa shape index (κ2) is 13.8. The minimum atomic E-state index is -0.691. The van der Waals surface area contributed by atoms with Gasteiger partial charge in [-0.15, -0.1) is 0 Å². The van der Waals surface area contributed by atoms with Gasteiger partial charge in [0.2, 0.25) is 11.8 Å². The number of anilines is 1. The Hall–Kier alpha value is -1.48. The van der Waals surface area contributed by atoms with E-state index < -0.39 is 5.54 Å². The van der Waals surface area contributed by atoms with Gasteiger partial charge in [-0.05, 0) is 53.0 Å². The van der Waals surface area contributed by atoms with Gasteiger partial charge in [-0.25, -0.2) is 0 Å². The highest BCUT2D eigenvalue weighted by atomic mass is 16.7. The van der Waals surface area contributed by atoms with Crippen molar-refractivity contribution in [2.75, 3.05) is 38.8 Å². The number of hydrogen-bond donors (Lipinski definition) is 2. The van der Waals surface area contributed by atoms with Crippen molar-refractivity contribution in [2.24, 2.45) is 0 Å². The zero-order valence-electron chi connectivity index (χ0n) is 20.5. The Balaban J connectivity index is 0.000000589. The topological polar surface area (TPSA) is 94.9 Å². The molecule has 180 valence electrons. The van der Waals surface area contributed by atoms with Gasteiger partial charge < -0.3 is 24.1 Å². The van der Waals surface area contributed by atoms with E-state index in [-0.39, 0.29) is 17.6 Å². The summed E-state index contributed by atoms with van der Waals surface area (Å²) in [6.45, 7) is 14.9. The number of likely N-dealkylation sites (N-methyl/N-ethyl adjacent to an activating group) is 1. The summed E-state index contributed by atoms with van der Waals surface area (Å²) >= 11 is 0. The van der Waals surface area contributed by atoms with E-state index in [2.05, 4.69) is 15.8 Å². The van der Waals surface area contributed by atoms with Gasteiger partial charge in [0.15, 0.2) is 6.29 Å². The van der Waals surface area contributed by atoms with Crippen LogP contribution >= 0.6 is 0 Å². The van der Waals surface area contributed by atoms with E-state index in [1.54, 1.807) is 27.0 Å². The van der Waals surface area contributed by atoms with Crippen LogP contribution in [0.2, 0.25) is 0 Å². The summed E-state index contributed by atoms with van der Waals surface area (Å²) in [6.07, 6.45) is 5.57. The maximum absolute atomic E-state index is 12.2. The summed E-state index contributed by atoms with van der Waals surface area (Å²) < 4.78 is 21.7. The fourth-order valence-corrected chi connectivity index (χ4v) is 2.76. The third-order valence-electron chi connectivity index (χ3n) is 5.23. The Kier molecular flexibility index (Phi) is 12.3. The van der Waals surface area contributed by atoms with E-state index in [1.165, 1.54) is 12.8 Å². The first-order valence-corrected chi connectivity index (χ1v) is 11.5. The van der Waals surface area contributed by atoms with Crippen LogP contribution in [0.3, 0.4) is 0 Å². The molecule has 2 N–H and O–H groups in total. The van der Waals surface area contributed by atoms with Crippen LogP contribution < -0.4 is 10.6 Å². The molecule has 2 saturated heterocycles. The van der Waals surface area contributed by atoms with Crippen LogP contribution in [-0.4, -0.2) is 56.4 Å². The molecule has 3 heterocycles. The van der Waals surface area contributed by atoms with Gasteiger partial charge in [0, 0.05) is 31.3 Å². The molecule has 1 unspecified atom stereocenters. The lowest BCUT2D eigenvalue weighted by atomic mass is 9.90. The van der Waals surface area contributed by atoms with Crippen molar-refractivity contribution in [2.45, 2.75) is 90.9 Å². The molecule has 2 aliphatic rings. The summed E-state index contributed by atoms with van der Waals surface area (Å²) in [4.78, 5) is 12.2. The number of nitrogens with zero attached hydrogens (tertiary/aromatic N) is 1. The molecule has 0 aromatic carbocycles. The van der Waals surface area contributed by atoms with Gasteiger partial charge in [-0.2, -0.15) is 0 Å². The highest BCUT2D eigenvalue weighted by Crippen LogP contribution is 2.27. The number of aromatic nitrogens is 1.